The Hall–Kier alpha value is -3.63. The number of halogens is 6. The minimum atomic E-state index is -4.94. The minimum Gasteiger partial charge on any atom is -0.462 e. The Balaban J connectivity index is 1.89. The van der Waals surface area contributed by atoms with Gasteiger partial charge in [0.1, 0.15) is 5.56 Å². The van der Waals surface area contributed by atoms with E-state index in [4.69, 9.17) is 4.74 Å². The SMILES string of the molecule is CCOC(=O)c1c(C)nn(-c2ccc(N=Cc3cc(C(F)(F)F)cc(C(F)(F)F)c3)cc2)c1C. The van der Waals surface area contributed by atoms with Gasteiger partial charge in [0.25, 0.3) is 0 Å². The molecule has 3 aromatic rings. The van der Waals surface area contributed by atoms with Crippen molar-refractivity contribution in [3.8, 4) is 5.69 Å². The van der Waals surface area contributed by atoms with Crippen LogP contribution in [0, 0.1) is 13.8 Å². The van der Waals surface area contributed by atoms with E-state index in [2.05, 4.69) is 10.1 Å². The normalized spacial score (nSPS) is 12.4. The van der Waals surface area contributed by atoms with Gasteiger partial charge in [0.15, 0.2) is 0 Å². The molecule has 1 aromatic heterocycles. The van der Waals surface area contributed by atoms with Gasteiger partial charge in [0.05, 0.1) is 40.5 Å². The molecule has 0 saturated heterocycles. The second kappa shape index (κ2) is 9.32. The lowest BCUT2D eigenvalue weighted by molar-refractivity contribution is -0.143. The summed E-state index contributed by atoms with van der Waals surface area (Å²) in [4.78, 5) is 16.1. The molecule has 1 heterocycles. The first-order valence-electron chi connectivity index (χ1n) is 9.98. The molecule has 0 unspecified atom stereocenters. The molecule has 180 valence electrons. The predicted octanol–water partition coefficient (Wildman–Crippen LogP) is 6.45. The molecule has 0 bridgehead atoms. The molecule has 0 saturated carbocycles. The van der Waals surface area contributed by atoms with Crippen molar-refractivity contribution in [3.05, 3.63) is 76.1 Å². The standard InChI is InChI=1S/C23H19F6N3O2/c1-4-34-21(33)20-13(2)31-32(14(20)3)19-7-5-18(6-8-19)30-12-15-9-16(22(24,25)26)11-17(10-15)23(27,28)29/h5-12H,4H2,1-3H3. The number of alkyl halides is 6. The zero-order valence-electron chi connectivity index (χ0n) is 18.3. The molecule has 0 radical (unpaired) electrons. The van der Waals surface area contributed by atoms with Crippen LogP contribution >= 0.6 is 0 Å². The van der Waals surface area contributed by atoms with Gasteiger partial charge >= 0.3 is 18.3 Å². The van der Waals surface area contributed by atoms with Crippen LogP contribution in [-0.4, -0.2) is 28.6 Å². The second-order valence-corrected chi connectivity index (χ2v) is 7.29. The summed E-state index contributed by atoms with van der Waals surface area (Å²) in [6, 6.07) is 7.50. The molecule has 0 fully saturated rings. The van der Waals surface area contributed by atoms with Crippen molar-refractivity contribution in [2.24, 2.45) is 4.99 Å². The fraction of sp³-hybridized carbons (Fsp3) is 0.261. The first-order valence-corrected chi connectivity index (χ1v) is 9.98. The lowest BCUT2D eigenvalue weighted by Crippen LogP contribution is -2.11. The van der Waals surface area contributed by atoms with Gasteiger partial charge in [0.2, 0.25) is 0 Å². The minimum absolute atomic E-state index is 0.0606. The lowest BCUT2D eigenvalue weighted by atomic mass is 10.1. The molecule has 5 nitrogen and oxygen atoms in total. The number of esters is 1. The number of aryl methyl sites for hydroxylation is 1. The zero-order chi connectivity index (χ0) is 25.3. The van der Waals surface area contributed by atoms with E-state index in [1.807, 2.05) is 0 Å². The third-order valence-corrected chi connectivity index (χ3v) is 4.84. The van der Waals surface area contributed by atoms with Crippen molar-refractivity contribution in [2.75, 3.05) is 6.61 Å². The van der Waals surface area contributed by atoms with Crippen LogP contribution in [0.25, 0.3) is 5.69 Å². The summed E-state index contributed by atoms with van der Waals surface area (Å²) in [5.41, 5.74) is -0.936. The van der Waals surface area contributed by atoms with Crippen LogP contribution in [-0.2, 0) is 17.1 Å². The van der Waals surface area contributed by atoms with Gasteiger partial charge in [-0.1, -0.05) is 0 Å². The van der Waals surface area contributed by atoms with Crippen molar-refractivity contribution in [1.29, 1.82) is 0 Å². The van der Waals surface area contributed by atoms with Crippen LogP contribution in [0.15, 0.2) is 47.5 Å². The average molecular weight is 483 g/mol. The fourth-order valence-corrected chi connectivity index (χ4v) is 3.28. The summed E-state index contributed by atoms with van der Waals surface area (Å²) in [5.74, 6) is -0.496. The number of aliphatic imine (C=N–C) groups is 1. The van der Waals surface area contributed by atoms with E-state index in [-0.39, 0.29) is 18.2 Å². The Morgan fingerprint density at radius 1 is 1.00 bits per heavy atom. The summed E-state index contributed by atoms with van der Waals surface area (Å²) in [5, 5.41) is 4.34. The summed E-state index contributed by atoms with van der Waals surface area (Å²) < 4.78 is 84.6. The van der Waals surface area contributed by atoms with E-state index >= 15 is 0 Å². The molecular weight excluding hydrogens is 464 g/mol. The first-order chi connectivity index (χ1) is 15.8. The number of rotatable bonds is 5. The first kappa shape index (κ1) is 25.0. The maximum atomic E-state index is 13.0. The van der Waals surface area contributed by atoms with E-state index in [0.717, 1.165) is 6.21 Å². The Kier molecular flexibility index (Phi) is 6.85. The predicted molar refractivity (Wildman–Crippen MR) is 113 cm³/mol. The molecule has 11 heteroatoms. The number of aromatic nitrogens is 2. The van der Waals surface area contributed by atoms with Crippen molar-refractivity contribution in [3.63, 3.8) is 0 Å². The van der Waals surface area contributed by atoms with Gasteiger partial charge in [-0.2, -0.15) is 31.4 Å². The van der Waals surface area contributed by atoms with Crippen LogP contribution in [0.5, 0.6) is 0 Å². The summed E-state index contributed by atoms with van der Waals surface area (Å²) in [6.07, 6.45) is -8.94. The highest BCUT2D eigenvalue weighted by Crippen LogP contribution is 2.36. The monoisotopic (exact) mass is 483 g/mol. The lowest BCUT2D eigenvalue weighted by Gasteiger charge is -2.12. The molecule has 0 spiro atoms. The highest BCUT2D eigenvalue weighted by Gasteiger charge is 2.36. The van der Waals surface area contributed by atoms with Crippen LogP contribution in [0.2, 0.25) is 0 Å². The number of hydrogen-bond donors (Lipinski definition) is 0. The molecule has 2 aromatic carbocycles. The smallest absolute Gasteiger partial charge is 0.416 e. The average Bonchev–Trinajstić information content (AvgIpc) is 3.05. The van der Waals surface area contributed by atoms with Gasteiger partial charge in [-0.15, -0.1) is 0 Å². The summed E-state index contributed by atoms with van der Waals surface area (Å²) in [7, 11) is 0. The van der Waals surface area contributed by atoms with Gasteiger partial charge in [0, 0.05) is 6.21 Å². The molecule has 0 aliphatic heterocycles. The second-order valence-electron chi connectivity index (χ2n) is 7.29. The van der Waals surface area contributed by atoms with Crippen LogP contribution in [0.3, 0.4) is 0 Å². The molecule has 0 atom stereocenters. The van der Waals surface area contributed by atoms with E-state index in [1.165, 1.54) is 16.8 Å². The van der Waals surface area contributed by atoms with Crippen LogP contribution in [0.1, 0.15) is 45.4 Å². The molecule has 3 rings (SSSR count). The van der Waals surface area contributed by atoms with Crippen molar-refractivity contribution >= 4 is 17.9 Å². The summed E-state index contributed by atoms with van der Waals surface area (Å²) >= 11 is 0. The maximum Gasteiger partial charge on any atom is 0.416 e. The third kappa shape index (κ3) is 5.46. The third-order valence-electron chi connectivity index (χ3n) is 4.84. The van der Waals surface area contributed by atoms with Gasteiger partial charge in [-0.3, -0.25) is 4.99 Å². The quantitative estimate of drug-likeness (QED) is 0.238. The van der Waals surface area contributed by atoms with Crippen LogP contribution < -0.4 is 0 Å². The van der Waals surface area contributed by atoms with Gasteiger partial charge < -0.3 is 4.74 Å². The number of nitrogens with zero attached hydrogens (tertiary/aromatic N) is 3. The topological polar surface area (TPSA) is 56.5 Å². The van der Waals surface area contributed by atoms with Crippen LogP contribution in [0.4, 0.5) is 32.0 Å². The summed E-state index contributed by atoms with van der Waals surface area (Å²) in [6.45, 7) is 5.27. The molecular formula is C23H19F6N3O2. The Morgan fingerprint density at radius 2 is 1.56 bits per heavy atom. The number of benzene rings is 2. The van der Waals surface area contributed by atoms with Gasteiger partial charge in [-0.25, -0.2) is 9.48 Å². The van der Waals surface area contributed by atoms with E-state index in [9.17, 15) is 31.1 Å². The Morgan fingerprint density at radius 3 is 2.06 bits per heavy atom. The van der Waals surface area contributed by atoms with Gasteiger partial charge in [-0.05, 0) is 68.8 Å². The van der Waals surface area contributed by atoms with E-state index in [1.54, 1.807) is 32.9 Å². The molecule has 0 aliphatic rings. The molecule has 0 aliphatic carbocycles. The number of hydrogen-bond acceptors (Lipinski definition) is 4. The van der Waals surface area contributed by atoms with E-state index in [0.29, 0.717) is 40.5 Å². The fourth-order valence-electron chi connectivity index (χ4n) is 3.28. The highest BCUT2D eigenvalue weighted by atomic mass is 19.4. The number of ether oxygens (including phenoxy) is 1. The maximum absolute atomic E-state index is 13.0. The molecule has 0 N–H and O–H groups in total. The zero-order valence-corrected chi connectivity index (χ0v) is 18.3. The molecule has 34 heavy (non-hydrogen) atoms. The van der Waals surface area contributed by atoms with E-state index < -0.39 is 29.4 Å². The Bertz CT molecular complexity index is 1190. The van der Waals surface area contributed by atoms with Crippen molar-refractivity contribution in [2.45, 2.75) is 33.1 Å². The molecule has 0 amide bonds. The number of carbonyl (C=O) groups is 1. The Labute approximate surface area is 190 Å². The van der Waals surface area contributed by atoms with Crippen molar-refractivity contribution in [1.82, 2.24) is 9.78 Å². The number of carbonyl (C=O) groups excluding carboxylic acids is 1. The largest absolute Gasteiger partial charge is 0.462 e. The highest BCUT2D eigenvalue weighted by molar-refractivity contribution is 5.92. The van der Waals surface area contributed by atoms with Crippen molar-refractivity contribution < 1.29 is 35.9 Å².